The second-order valence-corrected chi connectivity index (χ2v) is 5.80. The van der Waals surface area contributed by atoms with Gasteiger partial charge in [-0.2, -0.15) is 0 Å². The van der Waals surface area contributed by atoms with Crippen LogP contribution >= 0.6 is 22.6 Å². The topological polar surface area (TPSA) is 35.5 Å². The van der Waals surface area contributed by atoms with Crippen molar-refractivity contribution in [3.05, 3.63) is 12.2 Å². The molecule has 0 amide bonds. The predicted octanol–water partition coefficient (Wildman–Crippen LogP) is 2.23. The first-order chi connectivity index (χ1) is 7.16. The van der Waals surface area contributed by atoms with Crippen LogP contribution in [0.15, 0.2) is 12.2 Å². The lowest BCUT2D eigenvalue weighted by molar-refractivity contribution is -0.163. The zero-order valence-electron chi connectivity index (χ0n) is 8.74. The van der Waals surface area contributed by atoms with E-state index in [1.54, 1.807) is 0 Å². The van der Waals surface area contributed by atoms with Gasteiger partial charge in [-0.3, -0.25) is 4.79 Å². The fourth-order valence-corrected chi connectivity index (χ4v) is 2.66. The fraction of sp³-hybridized carbons (Fsp3) is 0.727. The van der Waals surface area contributed by atoms with Gasteiger partial charge in [-0.25, -0.2) is 0 Å². The maximum Gasteiger partial charge on any atom is 0.329 e. The molecule has 0 spiro atoms. The number of halogens is 1. The molecular weight excluding hydrogens is 307 g/mol. The number of hydrogen-bond acceptors (Lipinski definition) is 3. The van der Waals surface area contributed by atoms with E-state index < -0.39 is 3.42 Å². The van der Waals surface area contributed by atoms with E-state index >= 15 is 0 Å². The molecule has 15 heavy (non-hydrogen) atoms. The molecule has 0 aromatic heterocycles. The third-order valence-electron chi connectivity index (χ3n) is 2.86. The van der Waals surface area contributed by atoms with Crippen molar-refractivity contribution in [3.8, 4) is 0 Å². The van der Waals surface area contributed by atoms with Crippen LogP contribution in [-0.4, -0.2) is 28.2 Å². The second-order valence-electron chi connectivity index (χ2n) is 4.02. The van der Waals surface area contributed by atoms with Crippen molar-refractivity contribution in [2.75, 3.05) is 6.61 Å². The molecule has 0 saturated carbocycles. The van der Waals surface area contributed by atoms with Crippen molar-refractivity contribution in [2.45, 2.75) is 41.8 Å². The van der Waals surface area contributed by atoms with Crippen molar-refractivity contribution >= 4 is 28.6 Å². The van der Waals surface area contributed by atoms with Gasteiger partial charge >= 0.3 is 5.97 Å². The molecule has 4 heteroatoms. The summed E-state index contributed by atoms with van der Waals surface area (Å²) in [4.78, 5) is 11.7. The third-order valence-corrected chi connectivity index (χ3v) is 4.35. The van der Waals surface area contributed by atoms with Gasteiger partial charge in [0.05, 0.1) is 6.10 Å². The van der Waals surface area contributed by atoms with Crippen molar-refractivity contribution in [1.82, 2.24) is 0 Å². The highest BCUT2D eigenvalue weighted by atomic mass is 127. The summed E-state index contributed by atoms with van der Waals surface area (Å²) in [5.74, 6) is -0.150. The highest BCUT2D eigenvalue weighted by Crippen LogP contribution is 2.41. The summed E-state index contributed by atoms with van der Waals surface area (Å²) in [5, 5.41) is 0. The van der Waals surface area contributed by atoms with Gasteiger partial charge in [0.2, 0.25) is 0 Å². The maximum absolute atomic E-state index is 11.7. The van der Waals surface area contributed by atoms with Crippen LogP contribution in [0.25, 0.3) is 0 Å². The Kier molecular flexibility index (Phi) is 3.35. The standard InChI is InChI=1S/C11H15IO3/c1-2-3-6-14-9-7-8-4-5-11(9,12)10(13)15-8/h4-5,8-9H,2-3,6-7H2,1H3/t8-,9+,11-/m1/s1. The molecule has 1 aliphatic carbocycles. The van der Waals surface area contributed by atoms with Gasteiger partial charge in [-0.05, 0) is 12.5 Å². The van der Waals surface area contributed by atoms with Gasteiger partial charge in [0.15, 0.2) is 3.42 Å². The van der Waals surface area contributed by atoms with Crippen LogP contribution in [0.2, 0.25) is 0 Å². The normalized spacial score (nSPS) is 38.1. The van der Waals surface area contributed by atoms with Gasteiger partial charge in [0.1, 0.15) is 6.10 Å². The zero-order chi connectivity index (χ0) is 10.9. The van der Waals surface area contributed by atoms with Crippen LogP contribution in [0.5, 0.6) is 0 Å². The molecule has 1 fully saturated rings. The Morgan fingerprint density at radius 3 is 3.20 bits per heavy atom. The molecule has 0 unspecified atom stereocenters. The highest BCUT2D eigenvalue weighted by molar-refractivity contribution is 14.1. The zero-order valence-corrected chi connectivity index (χ0v) is 10.9. The van der Waals surface area contributed by atoms with Crippen molar-refractivity contribution < 1.29 is 14.3 Å². The summed E-state index contributed by atoms with van der Waals surface area (Å²) in [6, 6.07) is 0. The number of carbonyl (C=O) groups is 1. The van der Waals surface area contributed by atoms with Crippen molar-refractivity contribution in [3.63, 3.8) is 0 Å². The monoisotopic (exact) mass is 322 g/mol. The maximum atomic E-state index is 11.7. The molecule has 1 saturated heterocycles. The Hall–Kier alpha value is -0.100. The first-order valence-electron chi connectivity index (χ1n) is 5.37. The summed E-state index contributed by atoms with van der Waals surface area (Å²) >= 11 is 2.15. The van der Waals surface area contributed by atoms with E-state index in [1.807, 2.05) is 12.2 Å². The van der Waals surface area contributed by atoms with Crippen LogP contribution in [-0.2, 0) is 14.3 Å². The Labute approximate surface area is 103 Å². The van der Waals surface area contributed by atoms with Crippen molar-refractivity contribution in [2.24, 2.45) is 0 Å². The summed E-state index contributed by atoms with van der Waals surface area (Å²) in [7, 11) is 0. The minimum atomic E-state index is -0.583. The Morgan fingerprint density at radius 2 is 2.53 bits per heavy atom. The average molecular weight is 322 g/mol. The number of rotatable bonds is 4. The number of fused-ring (bicyclic) bond motifs is 2. The summed E-state index contributed by atoms with van der Waals surface area (Å²) in [5.41, 5.74) is 0. The molecule has 3 nitrogen and oxygen atoms in total. The smallest absolute Gasteiger partial charge is 0.329 e. The van der Waals surface area contributed by atoms with Gasteiger partial charge in [0, 0.05) is 13.0 Å². The minimum Gasteiger partial charge on any atom is -0.457 e. The second kappa shape index (κ2) is 4.41. The third kappa shape index (κ3) is 2.06. The van der Waals surface area contributed by atoms with Gasteiger partial charge < -0.3 is 9.47 Å². The lowest BCUT2D eigenvalue weighted by Crippen LogP contribution is -2.55. The minimum absolute atomic E-state index is 0.0131. The summed E-state index contributed by atoms with van der Waals surface area (Å²) in [6.07, 6.45) is 6.78. The SMILES string of the molecule is CCCCO[C@H]1C[C@H]2C=C[C@]1(I)C(=O)O2. The average Bonchev–Trinajstić information content (AvgIpc) is 2.21. The molecule has 0 aromatic rings. The molecule has 84 valence electrons. The fourth-order valence-electron chi connectivity index (χ4n) is 1.89. The van der Waals surface area contributed by atoms with Crippen LogP contribution in [0.1, 0.15) is 26.2 Å². The summed E-state index contributed by atoms with van der Waals surface area (Å²) < 4.78 is 10.4. The Balaban J connectivity index is 2.02. The molecule has 3 atom stereocenters. The van der Waals surface area contributed by atoms with Crippen molar-refractivity contribution in [1.29, 1.82) is 0 Å². The lowest BCUT2D eigenvalue weighted by Gasteiger charge is -2.42. The van der Waals surface area contributed by atoms with Crippen LogP contribution in [0, 0.1) is 0 Å². The van der Waals surface area contributed by atoms with E-state index in [-0.39, 0.29) is 18.2 Å². The Bertz CT molecular complexity index is 290. The number of ether oxygens (including phenoxy) is 2. The van der Waals surface area contributed by atoms with Crippen LogP contribution in [0.4, 0.5) is 0 Å². The largest absolute Gasteiger partial charge is 0.457 e. The molecule has 3 aliphatic rings. The molecule has 2 heterocycles. The highest BCUT2D eigenvalue weighted by Gasteiger charge is 2.52. The number of carbonyl (C=O) groups excluding carboxylic acids is 1. The number of esters is 1. The van der Waals surface area contributed by atoms with E-state index in [4.69, 9.17) is 9.47 Å². The lowest BCUT2D eigenvalue weighted by atomic mass is 9.87. The van der Waals surface area contributed by atoms with Crippen LogP contribution < -0.4 is 0 Å². The molecule has 2 bridgehead atoms. The molecule has 0 aromatic carbocycles. The first kappa shape index (κ1) is 11.4. The van der Waals surface area contributed by atoms with Gasteiger partial charge in [-0.15, -0.1) is 0 Å². The Morgan fingerprint density at radius 1 is 1.73 bits per heavy atom. The van der Waals surface area contributed by atoms with E-state index in [1.165, 1.54) is 0 Å². The number of unbranched alkanes of at least 4 members (excludes halogenated alkanes) is 1. The van der Waals surface area contributed by atoms with E-state index in [0.717, 1.165) is 25.9 Å². The van der Waals surface area contributed by atoms with Gasteiger partial charge in [-0.1, -0.05) is 42.0 Å². The van der Waals surface area contributed by atoms with E-state index in [0.29, 0.717) is 0 Å². The van der Waals surface area contributed by atoms with E-state index in [2.05, 4.69) is 29.5 Å². The first-order valence-corrected chi connectivity index (χ1v) is 6.45. The molecule has 0 radical (unpaired) electrons. The quantitative estimate of drug-likeness (QED) is 0.262. The number of hydrogen-bond donors (Lipinski definition) is 0. The van der Waals surface area contributed by atoms with Crippen LogP contribution in [0.3, 0.4) is 0 Å². The predicted molar refractivity (Wildman–Crippen MR) is 65.0 cm³/mol. The van der Waals surface area contributed by atoms with E-state index in [9.17, 15) is 4.79 Å². The molecule has 3 rings (SSSR count). The van der Waals surface area contributed by atoms with Gasteiger partial charge in [0.25, 0.3) is 0 Å². The molecule has 0 N–H and O–H groups in total. The molecule has 2 aliphatic heterocycles. The summed E-state index contributed by atoms with van der Waals surface area (Å²) in [6.45, 7) is 2.87. The molecular formula is C11H15IO3. The number of alkyl halides is 1.